The second-order valence-corrected chi connectivity index (χ2v) is 7.39. The highest BCUT2D eigenvalue weighted by Gasteiger charge is 2.40. The summed E-state index contributed by atoms with van der Waals surface area (Å²) in [7, 11) is 0. The topological polar surface area (TPSA) is 94.2 Å². The van der Waals surface area contributed by atoms with Crippen LogP contribution in [0.25, 0.3) is 10.9 Å². The zero-order valence-corrected chi connectivity index (χ0v) is 16.7. The van der Waals surface area contributed by atoms with E-state index in [0.29, 0.717) is 5.69 Å². The minimum absolute atomic E-state index is 0.224. The summed E-state index contributed by atoms with van der Waals surface area (Å²) in [5, 5.41) is 7.51. The molecule has 31 heavy (non-hydrogen) atoms. The number of nitrogens with zero attached hydrogens (tertiary/aromatic N) is 5. The average Bonchev–Trinajstić information content (AvgIpc) is 3.49. The number of para-hydroxylation sites is 2. The fourth-order valence-electron chi connectivity index (χ4n) is 3.99. The van der Waals surface area contributed by atoms with E-state index in [9.17, 15) is 9.59 Å². The molecule has 0 saturated carbocycles. The second kappa shape index (κ2) is 7.98. The predicted octanol–water partition coefficient (Wildman–Crippen LogP) is 2.84. The number of amides is 2. The summed E-state index contributed by atoms with van der Waals surface area (Å²) in [5.41, 5.74) is 2.67. The molecule has 8 heteroatoms. The van der Waals surface area contributed by atoms with Gasteiger partial charge < -0.3 is 4.57 Å². The normalized spacial score (nSPS) is 17.5. The van der Waals surface area contributed by atoms with Crippen LogP contribution >= 0.6 is 0 Å². The summed E-state index contributed by atoms with van der Waals surface area (Å²) in [6, 6.07) is 17.1. The van der Waals surface area contributed by atoms with Gasteiger partial charge in [-0.25, -0.2) is 9.98 Å². The molecule has 1 atom stereocenters. The summed E-state index contributed by atoms with van der Waals surface area (Å²) in [5.74, 6) is -1.53. The minimum atomic E-state index is -0.742. The third-order valence-corrected chi connectivity index (χ3v) is 5.39. The number of carbonyl (C=O) groups is 2. The van der Waals surface area contributed by atoms with Crippen molar-refractivity contribution in [2.24, 2.45) is 4.99 Å². The van der Waals surface area contributed by atoms with Crippen molar-refractivity contribution in [1.82, 2.24) is 24.6 Å². The molecule has 1 unspecified atom stereocenters. The summed E-state index contributed by atoms with van der Waals surface area (Å²) in [6.45, 7) is 1.48. The van der Waals surface area contributed by atoms with Crippen molar-refractivity contribution in [3.05, 3.63) is 79.0 Å². The Kier molecular flexibility index (Phi) is 4.87. The molecule has 2 aromatic heterocycles. The Labute approximate surface area is 178 Å². The molecule has 0 bridgehead atoms. The Morgan fingerprint density at radius 3 is 2.61 bits per heavy atom. The standard InChI is InChI=1S/C23H20N6O2/c30-22-20(21(23(31)27-22)26-16-7-2-1-3-8-16)18-13-28(19-10-5-4-9-17(18)19)11-6-12-29-15-24-14-25-29/h1-5,7-10,13-15,20H,6,11-12H2,(H,27,30,31). The summed E-state index contributed by atoms with van der Waals surface area (Å²) in [4.78, 5) is 33.8. The lowest BCUT2D eigenvalue weighted by atomic mass is 9.95. The van der Waals surface area contributed by atoms with E-state index in [1.165, 1.54) is 6.33 Å². The van der Waals surface area contributed by atoms with Crippen LogP contribution in [0.2, 0.25) is 0 Å². The molecule has 2 amide bonds. The lowest BCUT2D eigenvalue weighted by molar-refractivity contribution is -0.124. The van der Waals surface area contributed by atoms with Gasteiger partial charge in [-0.3, -0.25) is 19.6 Å². The first-order chi connectivity index (χ1) is 15.2. The molecule has 3 heterocycles. The molecule has 1 N–H and O–H groups in total. The first-order valence-corrected chi connectivity index (χ1v) is 10.1. The number of hydrogen-bond acceptors (Lipinski definition) is 5. The number of rotatable bonds is 6. The molecule has 1 aliphatic rings. The van der Waals surface area contributed by atoms with Crippen molar-refractivity contribution in [2.75, 3.05) is 0 Å². The fraction of sp³-hybridized carbons (Fsp3) is 0.174. The molecule has 1 aliphatic heterocycles. The van der Waals surface area contributed by atoms with Gasteiger partial charge in [-0.05, 0) is 30.2 Å². The number of aromatic nitrogens is 4. The SMILES string of the molecule is O=C1NC(=O)C(c2cn(CCCn3cncn3)c3ccccc23)C1=Nc1ccccc1. The number of benzene rings is 2. The van der Waals surface area contributed by atoms with Crippen molar-refractivity contribution >= 4 is 34.1 Å². The Bertz CT molecular complexity index is 1270. The van der Waals surface area contributed by atoms with E-state index in [2.05, 4.69) is 25.0 Å². The maximum absolute atomic E-state index is 12.8. The van der Waals surface area contributed by atoms with Crippen LogP contribution in [0, 0.1) is 0 Å². The molecule has 0 spiro atoms. The van der Waals surface area contributed by atoms with Gasteiger partial charge in [0.1, 0.15) is 24.3 Å². The largest absolute Gasteiger partial charge is 0.347 e. The van der Waals surface area contributed by atoms with Gasteiger partial charge in [0.05, 0.1) is 5.69 Å². The molecule has 2 aromatic carbocycles. The van der Waals surface area contributed by atoms with Crippen molar-refractivity contribution in [3.8, 4) is 0 Å². The number of carbonyl (C=O) groups excluding carboxylic acids is 2. The zero-order chi connectivity index (χ0) is 21.2. The van der Waals surface area contributed by atoms with E-state index in [1.54, 1.807) is 11.0 Å². The van der Waals surface area contributed by atoms with Gasteiger partial charge >= 0.3 is 0 Å². The van der Waals surface area contributed by atoms with E-state index in [0.717, 1.165) is 36.0 Å². The van der Waals surface area contributed by atoms with Crippen LogP contribution in [0.5, 0.6) is 0 Å². The van der Waals surface area contributed by atoms with Crippen molar-refractivity contribution in [1.29, 1.82) is 0 Å². The van der Waals surface area contributed by atoms with Crippen LogP contribution in [0.1, 0.15) is 17.9 Å². The maximum Gasteiger partial charge on any atom is 0.273 e. The molecular formula is C23H20N6O2. The highest BCUT2D eigenvalue weighted by molar-refractivity contribution is 6.52. The van der Waals surface area contributed by atoms with Crippen LogP contribution < -0.4 is 5.32 Å². The van der Waals surface area contributed by atoms with Crippen LogP contribution in [-0.4, -0.2) is 36.9 Å². The van der Waals surface area contributed by atoms with Gasteiger partial charge in [0, 0.05) is 30.2 Å². The van der Waals surface area contributed by atoms with E-state index in [1.807, 2.05) is 60.8 Å². The Morgan fingerprint density at radius 1 is 1.00 bits per heavy atom. The van der Waals surface area contributed by atoms with Gasteiger partial charge in [0.15, 0.2) is 0 Å². The van der Waals surface area contributed by atoms with Crippen LogP contribution in [0.3, 0.4) is 0 Å². The smallest absolute Gasteiger partial charge is 0.273 e. The van der Waals surface area contributed by atoms with Gasteiger partial charge in [-0.2, -0.15) is 5.10 Å². The van der Waals surface area contributed by atoms with E-state index < -0.39 is 11.8 Å². The lowest BCUT2D eigenvalue weighted by Gasteiger charge is -2.07. The number of nitrogens with one attached hydrogen (secondary N) is 1. The van der Waals surface area contributed by atoms with Crippen molar-refractivity contribution in [2.45, 2.75) is 25.4 Å². The monoisotopic (exact) mass is 412 g/mol. The third kappa shape index (κ3) is 3.63. The van der Waals surface area contributed by atoms with Gasteiger partial charge in [0.2, 0.25) is 5.91 Å². The van der Waals surface area contributed by atoms with E-state index in [4.69, 9.17) is 0 Å². The van der Waals surface area contributed by atoms with Crippen LogP contribution in [0.15, 0.2) is 78.4 Å². The quantitative estimate of drug-likeness (QED) is 0.493. The molecule has 5 rings (SSSR count). The zero-order valence-electron chi connectivity index (χ0n) is 16.7. The molecule has 154 valence electrons. The lowest BCUT2D eigenvalue weighted by Crippen LogP contribution is -2.22. The Morgan fingerprint density at radius 2 is 1.81 bits per heavy atom. The highest BCUT2D eigenvalue weighted by Crippen LogP contribution is 2.32. The second-order valence-electron chi connectivity index (χ2n) is 7.39. The maximum atomic E-state index is 12.8. The predicted molar refractivity (Wildman–Crippen MR) is 116 cm³/mol. The first kappa shape index (κ1) is 18.9. The summed E-state index contributed by atoms with van der Waals surface area (Å²) in [6.07, 6.45) is 6.03. The van der Waals surface area contributed by atoms with Crippen LogP contribution in [-0.2, 0) is 22.7 Å². The van der Waals surface area contributed by atoms with E-state index >= 15 is 0 Å². The van der Waals surface area contributed by atoms with Crippen molar-refractivity contribution < 1.29 is 9.59 Å². The molecule has 0 aliphatic carbocycles. The minimum Gasteiger partial charge on any atom is -0.347 e. The molecular weight excluding hydrogens is 392 g/mol. The van der Waals surface area contributed by atoms with Gasteiger partial charge in [0.25, 0.3) is 5.91 Å². The molecule has 1 saturated heterocycles. The van der Waals surface area contributed by atoms with E-state index in [-0.39, 0.29) is 11.6 Å². The Balaban J connectivity index is 1.52. The number of aryl methyl sites for hydroxylation is 2. The summed E-state index contributed by atoms with van der Waals surface area (Å²) >= 11 is 0. The fourth-order valence-corrected chi connectivity index (χ4v) is 3.99. The number of aliphatic imine (C=N–C) groups is 1. The molecule has 1 fully saturated rings. The van der Waals surface area contributed by atoms with Crippen LogP contribution in [0.4, 0.5) is 5.69 Å². The van der Waals surface area contributed by atoms with Crippen molar-refractivity contribution in [3.63, 3.8) is 0 Å². The highest BCUT2D eigenvalue weighted by atomic mass is 16.2. The number of hydrogen-bond donors (Lipinski definition) is 1. The molecule has 4 aromatic rings. The number of imide groups is 1. The number of fused-ring (bicyclic) bond motifs is 1. The first-order valence-electron chi connectivity index (χ1n) is 10.1. The Hall–Kier alpha value is -4.07. The average molecular weight is 412 g/mol. The van der Waals surface area contributed by atoms with Gasteiger partial charge in [-0.15, -0.1) is 0 Å². The third-order valence-electron chi connectivity index (χ3n) is 5.39. The molecule has 0 radical (unpaired) electrons. The molecule has 8 nitrogen and oxygen atoms in total. The van der Waals surface area contributed by atoms with Gasteiger partial charge in [-0.1, -0.05) is 36.4 Å². The summed E-state index contributed by atoms with van der Waals surface area (Å²) < 4.78 is 3.91.